The summed E-state index contributed by atoms with van der Waals surface area (Å²) in [6.45, 7) is 0.180. The van der Waals surface area contributed by atoms with Crippen molar-refractivity contribution in [2.45, 2.75) is 12.5 Å². The van der Waals surface area contributed by atoms with Crippen molar-refractivity contribution in [1.29, 1.82) is 0 Å². The van der Waals surface area contributed by atoms with Crippen molar-refractivity contribution in [3.63, 3.8) is 0 Å². The van der Waals surface area contributed by atoms with Crippen LogP contribution < -0.4 is 4.74 Å². The number of non-ortho nitro benzene ring substituents is 1. The van der Waals surface area contributed by atoms with Gasteiger partial charge in [-0.15, -0.1) is 3.89 Å². The molecule has 4 rings (SSSR count). The average Bonchev–Trinajstić information content (AvgIpc) is 3.26. The van der Waals surface area contributed by atoms with E-state index in [0.717, 1.165) is 0 Å². The molecule has 2 aromatic rings. The maximum absolute atomic E-state index is 14.6. The third-order valence-corrected chi connectivity index (χ3v) is 6.03. The smallest absolute Gasteiger partial charge is 0.332 e. The van der Waals surface area contributed by atoms with Crippen LogP contribution >= 0.6 is 0 Å². The second kappa shape index (κ2) is 7.18. The molecular weight excluding hydrogens is 417 g/mol. The quantitative estimate of drug-likeness (QED) is 0.405. The number of hydrazine groups is 1. The van der Waals surface area contributed by atoms with Crippen molar-refractivity contribution in [2.75, 3.05) is 13.7 Å². The van der Waals surface area contributed by atoms with Gasteiger partial charge in [0, 0.05) is 30.7 Å². The summed E-state index contributed by atoms with van der Waals surface area (Å²) in [5.41, 5.74) is 0.401. The molecule has 30 heavy (non-hydrogen) atoms. The summed E-state index contributed by atoms with van der Waals surface area (Å²) >= 11 is 0. The summed E-state index contributed by atoms with van der Waals surface area (Å²) in [4.78, 5) is 22.4. The molecule has 1 unspecified atom stereocenters. The van der Waals surface area contributed by atoms with Crippen LogP contribution in [-0.4, -0.2) is 42.9 Å². The first-order valence-electron chi connectivity index (χ1n) is 8.89. The molecule has 2 aliphatic heterocycles. The van der Waals surface area contributed by atoms with Crippen molar-refractivity contribution in [2.24, 2.45) is 0 Å². The maximum Gasteiger partial charge on any atom is 0.332 e. The molecule has 2 aliphatic rings. The molecule has 2 heterocycles. The van der Waals surface area contributed by atoms with Crippen LogP contribution in [0.4, 0.5) is 9.57 Å². The van der Waals surface area contributed by atoms with Crippen LogP contribution in [0, 0.1) is 10.1 Å². The molecule has 11 heteroatoms. The second-order valence-corrected chi connectivity index (χ2v) is 8.06. The lowest BCUT2D eigenvalue weighted by Crippen LogP contribution is -2.34. The normalized spacial score (nSPS) is 19.3. The highest BCUT2D eigenvalue weighted by molar-refractivity contribution is 7.90. The number of ether oxygens (including phenoxy) is 1. The Kier molecular flexibility index (Phi) is 4.79. The van der Waals surface area contributed by atoms with Gasteiger partial charge in [0.15, 0.2) is 0 Å². The Balaban J connectivity index is 1.93. The molecule has 0 aliphatic carbocycles. The first kappa shape index (κ1) is 20.0. The molecule has 0 bridgehead atoms. The number of nitro groups is 1. The molecule has 156 valence electrons. The molecule has 9 nitrogen and oxygen atoms in total. The number of carbonyl (C=O) groups excluding carboxylic acids is 1. The first-order valence-corrected chi connectivity index (χ1v) is 10.3. The molecule has 0 aromatic heterocycles. The molecule has 0 N–H and O–H groups in total. The zero-order valence-corrected chi connectivity index (χ0v) is 16.5. The van der Waals surface area contributed by atoms with Gasteiger partial charge in [0.25, 0.3) is 5.69 Å². The zero-order valence-electron chi connectivity index (χ0n) is 15.7. The average molecular weight is 433 g/mol. The molecular formula is C19H16FN3O6S. The Morgan fingerprint density at radius 2 is 1.77 bits per heavy atom. The van der Waals surface area contributed by atoms with E-state index in [-0.39, 0.29) is 30.3 Å². The summed E-state index contributed by atoms with van der Waals surface area (Å²) in [5, 5.41) is 13.6. The molecule has 1 atom stereocenters. The fourth-order valence-electron chi connectivity index (χ4n) is 3.79. The third-order valence-electron chi connectivity index (χ3n) is 5.09. The van der Waals surface area contributed by atoms with Crippen molar-refractivity contribution in [3.05, 3.63) is 74.7 Å². The third kappa shape index (κ3) is 3.21. The number of hydrogen-bond donors (Lipinski definition) is 0. The van der Waals surface area contributed by atoms with Crippen molar-refractivity contribution < 1.29 is 26.8 Å². The maximum atomic E-state index is 14.6. The van der Waals surface area contributed by atoms with E-state index in [9.17, 15) is 27.2 Å². The van der Waals surface area contributed by atoms with Crippen LogP contribution in [-0.2, 0) is 15.0 Å². The van der Waals surface area contributed by atoms with E-state index in [0.29, 0.717) is 16.9 Å². The number of rotatable bonds is 5. The minimum Gasteiger partial charge on any atom is -0.497 e. The van der Waals surface area contributed by atoms with E-state index >= 15 is 0 Å². The SMILES string of the molecule is COc1ccc(C2=C(S(=O)(=O)F)C(c3ccc([N+](=O)[O-])cc3)N3CCC(=O)N23)cc1. The molecule has 1 amide bonds. The minimum absolute atomic E-state index is 0.0639. The number of methoxy groups -OCH3 is 1. The van der Waals surface area contributed by atoms with E-state index in [2.05, 4.69) is 0 Å². The summed E-state index contributed by atoms with van der Waals surface area (Å²) in [7, 11) is -3.76. The second-order valence-electron chi connectivity index (χ2n) is 6.75. The number of hydrogen-bond acceptors (Lipinski definition) is 7. The zero-order chi connectivity index (χ0) is 21.6. The lowest BCUT2D eigenvalue weighted by molar-refractivity contribution is -0.384. The van der Waals surface area contributed by atoms with Gasteiger partial charge in [-0.25, -0.2) is 10.0 Å². The lowest BCUT2D eigenvalue weighted by atomic mass is 10.0. The van der Waals surface area contributed by atoms with Gasteiger partial charge in [-0.05, 0) is 29.8 Å². The van der Waals surface area contributed by atoms with E-state index in [1.54, 1.807) is 24.3 Å². The number of fused-ring (bicyclic) bond motifs is 1. The summed E-state index contributed by atoms with van der Waals surface area (Å²) in [5.74, 6) is 0.143. The van der Waals surface area contributed by atoms with E-state index < -0.39 is 26.1 Å². The predicted octanol–water partition coefficient (Wildman–Crippen LogP) is 2.78. The van der Waals surface area contributed by atoms with Gasteiger partial charge in [0.1, 0.15) is 10.7 Å². The Hall–Kier alpha value is -3.31. The summed E-state index contributed by atoms with van der Waals surface area (Å²) in [6, 6.07) is 10.3. The minimum atomic E-state index is -5.23. The van der Waals surface area contributed by atoms with Crippen molar-refractivity contribution >= 4 is 27.5 Å². The Morgan fingerprint density at radius 3 is 2.30 bits per heavy atom. The molecule has 1 saturated heterocycles. The highest BCUT2D eigenvalue weighted by Gasteiger charge is 2.51. The van der Waals surface area contributed by atoms with Crippen molar-refractivity contribution in [1.82, 2.24) is 10.0 Å². The molecule has 0 radical (unpaired) electrons. The summed E-state index contributed by atoms with van der Waals surface area (Å²) in [6.07, 6.45) is 0.128. The Morgan fingerprint density at radius 1 is 1.13 bits per heavy atom. The fraction of sp³-hybridized carbons (Fsp3) is 0.211. The van der Waals surface area contributed by atoms with E-state index in [1.165, 1.54) is 41.4 Å². The number of halogens is 1. The van der Waals surface area contributed by atoms with Crippen LogP contribution in [0.5, 0.6) is 5.75 Å². The number of nitrogens with zero attached hydrogens (tertiary/aromatic N) is 3. The lowest BCUT2D eigenvalue weighted by Gasteiger charge is -2.27. The molecule has 0 saturated carbocycles. The summed E-state index contributed by atoms with van der Waals surface area (Å²) < 4.78 is 44.1. The highest BCUT2D eigenvalue weighted by Crippen LogP contribution is 2.49. The fourth-order valence-corrected chi connectivity index (χ4v) is 4.75. The molecule has 1 fully saturated rings. The number of carbonyl (C=O) groups is 1. The predicted molar refractivity (Wildman–Crippen MR) is 104 cm³/mol. The van der Waals surface area contributed by atoms with Crippen molar-refractivity contribution in [3.8, 4) is 5.75 Å². The monoisotopic (exact) mass is 433 g/mol. The van der Waals surface area contributed by atoms with E-state index in [1.807, 2.05) is 0 Å². The van der Waals surface area contributed by atoms with Crippen LogP contribution in [0.3, 0.4) is 0 Å². The largest absolute Gasteiger partial charge is 0.497 e. The Bertz CT molecular complexity index is 1160. The van der Waals surface area contributed by atoms with E-state index in [4.69, 9.17) is 4.74 Å². The first-order chi connectivity index (χ1) is 14.2. The molecule has 0 spiro atoms. The van der Waals surface area contributed by atoms with Gasteiger partial charge >= 0.3 is 10.2 Å². The van der Waals surface area contributed by atoms with Gasteiger partial charge in [-0.1, -0.05) is 12.1 Å². The van der Waals surface area contributed by atoms with Crippen LogP contribution in [0.25, 0.3) is 5.70 Å². The van der Waals surface area contributed by atoms with Gasteiger partial charge in [0.05, 0.1) is 23.8 Å². The Labute approximate surface area is 171 Å². The topological polar surface area (TPSA) is 110 Å². The van der Waals surface area contributed by atoms with Gasteiger partial charge in [-0.3, -0.25) is 14.9 Å². The van der Waals surface area contributed by atoms with Gasteiger partial charge in [-0.2, -0.15) is 8.42 Å². The van der Waals surface area contributed by atoms with Gasteiger partial charge in [0.2, 0.25) is 5.91 Å². The van der Waals surface area contributed by atoms with Gasteiger partial charge < -0.3 is 4.74 Å². The standard InChI is InChI=1S/C19H16FN3O6S/c1-29-15-8-4-13(5-9-15)18-19(30(20,27)28)17(21-11-10-16(24)22(18)21)12-2-6-14(7-3-12)23(25)26/h2-9,17H,10-11H2,1H3. The number of benzene rings is 2. The number of nitro benzene ring substituents is 1. The van der Waals surface area contributed by atoms with Crippen LogP contribution in [0.15, 0.2) is 53.4 Å². The van der Waals surface area contributed by atoms with Crippen LogP contribution in [0.1, 0.15) is 23.6 Å². The highest BCUT2D eigenvalue weighted by atomic mass is 32.3. The van der Waals surface area contributed by atoms with Crippen LogP contribution in [0.2, 0.25) is 0 Å². The number of amides is 1. The molecule has 2 aromatic carbocycles.